The van der Waals surface area contributed by atoms with E-state index in [9.17, 15) is 4.79 Å². The smallest absolute Gasteiger partial charge is 0.267 e. The Balaban J connectivity index is 1.25. The third-order valence-electron chi connectivity index (χ3n) is 5.70. The van der Waals surface area contributed by atoms with Gasteiger partial charge >= 0.3 is 0 Å². The predicted octanol–water partition coefficient (Wildman–Crippen LogP) is 1.17. The Labute approximate surface area is 153 Å². The number of hydrogen-bond donors (Lipinski definition) is 1. The summed E-state index contributed by atoms with van der Waals surface area (Å²) in [4.78, 5) is 14.6. The number of aryl methyl sites for hydroxylation is 2. The van der Waals surface area contributed by atoms with Crippen LogP contribution in [-0.2, 0) is 25.4 Å². The lowest BCUT2D eigenvalue weighted by atomic mass is 9.79. The van der Waals surface area contributed by atoms with E-state index in [-0.39, 0.29) is 11.5 Å². The fourth-order valence-corrected chi connectivity index (χ4v) is 4.32. The lowest BCUT2D eigenvalue weighted by Crippen LogP contribution is -2.64. The maximum Gasteiger partial charge on any atom is 0.267 e. The molecule has 2 aromatic rings. The number of aromatic nitrogens is 3. The third-order valence-corrected chi connectivity index (χ3v) is 5.70. The number of carbonyl (C=O) groups is 1. The molecular weight excluding hydrogens is 330 g/mol. The van der Waals surface area contributed by atoms with Gasteiger partial charge in [-0.05, 0) is 30.9 Å². The average Bonchev–Trinajstić information content (AvgIpc) is 3.28. The van der Waals surface area contributed by atoms with E-state index in [4.69, 9.17) is 4.74 Å². The lowest BCUT2D eigenvalue weighted by Gasteiger charge is -2.50. The molecule has 4 rings (SSSR count). The molecule has 26 heavy (non-hydrogen) atoms. The zero-order chi connectivity index (χ0) is 18.1. The Morgan fingerprint density at radius 3 is 2.96 bits per heavy atom. The molecule has 2 fully saturated rings. The van der Waals surface area contributed by atoms with Crippen molar-refractivity contribution >= 4 is 5.91 Å². The molecule has 1 N–H and O–H groups in total. The maximum absolute atomic E-state index is 12.2. The quantitative estimate of drug-likeness (QED) is 0.843. The van der Waals surface area contributed by atoms with Crippen LogP contribution < -0.4 is 5.32 Å². The Kier molecular flexibility index (Phi) is 4.58. The molecule has 4 heterocycles. The molecule has 2 saturated heterocycles. The van der Waals surface area contributed by atoms with Crippen molar-refractivity contribution in [3.05, 3.63) is 42.0 Å². The summed E-state index contributed by atoms with van der Waals surface area (Å²) >= 11 is 0. The van der Waals surface area contributed by atoms with E-state index in [0.717, 1.165) is 39.1 Å². The number of rotatable bonds is 6. The number of ether oxygens (including phenoxy) is 1. The van der Waals surface area contributed by atoms with Crippen molar-refractivity contribution in [2.45, 2.75) is 25.0 Å². The van der Waals surface area contributed by atoms with E-state index in [0.29, 0.717) is 18.2 Å². The monoisotopic (exact) mass is 357 g/mol. The van der Waals surface area contributed by atoms with Crippen molar-refractivity contribution in [2.75, 3.05) is 26.2 Å². The van der Waals surface area contributed by atoms with Crippen molar-refractivity contribution in [1.29, 1.82) is 0 Å². The van der Waals surface area contributed by atoms with Gasteiger partial charge in [0, 0.05) is 64.8 Å². The molecule has 1 amide bonds. The maximum atomic E-state index is 12.2. The number of amides is 1. The van der Waals surface area contributed by atoms with Gasteiger partial charge in [0.25, 0.3) is 5.91 Å². The van der Waals surface area contributed by atoms with Gasteiger partial charge in [0.1, 0.15) is 5.69 Å². The largest absolute Gasteiger partial charge is 0.372 e. The standard InChI is InChI=1S/C19H27N5O2/c1-22-8-3-4-17(22)18(25)20-7-5-16-6-9-26-19(16)13-24(14-19)12-15-10-21-23(2)11-15/h3-4,8,10-11,16H,5-7,9,12-14H2,1-2H3,(H,20,25). The first-order valence-electron chi connectivity index (χ1n) is 9.29. The fraction of sp³-hybridized carbons (Fsp3) is 0.579. The van der Waals surface area contributed by atoms with Gasteiger partial charge in [-0.25, -0.2) is 0 Å². The second-order valence-electron chi connectivity index (χ2n) is 7.62. The summed E-state index contributed by atoms with van der Waals surface area (Å²) in [7, 11) is 3.83. The molecule has 0 aromatic carbocycles. The zero-order valence-corrected chi connectivity index (χ0v) is 15.5. The van der Waals surface area contributed by atoms with Gasteiger partial charge < -0.3 is 14.6 Å². The van der Waals surface area contributed by atoms with Crippen LogP contribution in [0, 0.1) is 5.92 Å². The van der Waals surface area contributed by atoms with Crippen molar-refractivity contribution in [3.63, 3.8) is 0 Å². The molecule has 0 aliphatic carbocycles. The Morgan fingerprint density at radius 2 is 2.27 bits per heavy atom. The van der Waals surface area contributed by atoms with Crippen LogP contribution in [0.4, 0.5) is 0 Å². The molecule has 140 valence electrons. The van der Waals surface area contributed by atoms with Gasteiger partial charge in [-0.15, -0.1) is 0 Å². The van der Waals surface area contributed by atoms with Crippen LogP contribution in [-0.4, -0.2) is 57.0 Å². The number of likely N-dealkylation sites (tertiary alicyclic amines) is 1. The third kappa shape index (κ3) is 3.29. The van der Waals surface area contributed by atoms with Crippen LogP contribution in [0.2, 0.25) is 0 Å². The number of nitrogens with zero attached hydrogens (tertiary/aromatic N) is 4. The van der Waals surface area contributed by atoms with Crippen LogP contribution in [0.15, 0.2) is 30.7 Å². The first-order chi connectivity index (χ1) is 12.6. The fourth-order valence-electron chi connectivity index (χ4n) is 4.32. The lowest BCUT2D eigenvalue weighted by molar-refractivity contribution is -0.136. The Bertz CT molecular complexity index is 774. The van der Waals surface area contributed by atoms with Crippen LogP contribution in [0.3, 0.4) is 0 Å². The van der Waals surface area contributed by atoms with Crippen molar-refractivity contribution in [1.82, 2.24) is 24.6 Å². The first-order valence-corrected chi connectivity index (χ1v) is 9.29. The molecule has 2 aliphatic heterocycles. The van der Waals surface area contributed by atoms with Crippen molar-refractivity contribution in [2.24, 2.45) is 20.0 Å². The minimum atomic E-state index is -0.0160. The SMILES string of the molecule is Cn1cc(CN2CC3(C2)OCCC3CCNC(=O)c2cccn2C)cn1. The summed E-state index contributed by atoms with van der Waals surface area (Å²) in [5.41, 5.74) is 1.93. The molecule has 0 radical (unpaired) electrons. The van der Waals surface area contributed by atoms with E-state index < -0.39 is 0 Å². The highest BCUT2D eigenvalue weighted by molar-refractivity contribution is 5.92. The number of hydrogen-bond acceptors (Lipinski definition) is 4. The summed E-state index contributed by atoms with van der Waals surface area (Å²) in [5.74, 6) is 0.513. The van der Waals surface area contributed by atoms with Crippen LogP contribution in [0.5, 0.6) is 0 Å². The van der Waals surface area contributed by atoms with E-state index in [1.165, 1.54) is 5.56 Å². The molecule has 1 atom stereocenters. The molecule has 7 nitrogen and oxygen atoms in total. The molecule has 2 aliphatic rings. The van der Waals surface area contributed by atoms with Gasteiger partial charge in [0.15, 0.2) is 0 Å². The molecule has 0 bridgehead atoms. The molecule has 1 spiro atoms. The first kappa shape index (κ1) is 17.3. The second kappa shape index (κ2) is 6.89. The average molecular weight is 357 g/mol. The normalized spacial score (nSPS) is 21.8. The van der Waals surface area contributed by atoms with E-state index in [1.807, 2.05) is 47.9 Å². The van der Waals surface area contributed by atoms with Gasteiger partial charge in [-0.3, -0.25) is 14.4 Å². The minimum absolute atomic E-state index is 0.00252. The van der Waals surface area contributed by atoms with E-state index in [1.54, 1.807) is 0 Å². The zero-order valence-electron chi connectivity index (χ0n) is 15.5. The highest BCUT2D eigenvalue weighted by atomic mass is 16.5. The van der Waals surface area contributed by atoms with E-state index >= 15 is 0 Å². The van der Waals surface area contributed by atoms with Crippen molar-refractivity contribution < 1.29 is 9.53 Å². The summed E-state index contributed by atoms with van der Waals surface area (Å²) in [6.45, 7) is 4.39. The minimum Gasteiger partial charge on any atom is -0.372 e. The summed E-state index contributed by atoms with van der Waals surface area (Å²) in [6.07, 6.45) is 7.94. The van der Waals surface area contributed by atoms with Crippen LogP contribution >= 0.6 is 0 Å². The van der Waals surface area contributed by atoms with Crippen LogP contribution in [0.1, 0.15) is 28.9 Å². The summed E-state index contributed by atoms with van der Waals surface area (Å²) in [6, 6.07) is 3.73. The molecular formula is C19H27N5O2. The highest BCUT2D eigenvalue weighted by Crippen LogP contribution is 2.41. The predicted molar refractivity (Wildman–Crippen MR) is 97.6 cm³/mol. The Hall–Kier alpha value is -2.12. The molecule has 0 saturated carbocycles. The molecule has 2 aromatic heterocycles. The Morgan fingerprint density at radius 1 is 1.42 bits per heavy atom. The summed E-state index contributed by atoms with van der Waals surface area (Å²) in [5, 5.41) is 7.29. The molecule has 1 unspecified atom stereocenters. The van der Waals surface area contributed by atoms with Crippen LogP contribution in [0.25, 0.3) is 0 Å². The van der Waals surface area contributed by atoms with Gasteiger partial charge in [0.2, 0.25) is 0 Å². The topological polar surface area (TPSA) is 64.3 Å². The van der Waals surface area contributed by atoms with Gasteiger partial charge in [-0.2, -0.15) is 5.10 Å². The van der Waals surface area contributed by atoms with Gasteiger partial charge in [-0.1, -0.05) is 0 Å². The highest BCUT2D eigenvalue weighted by Gasteiger charge is 2.52. The van der Waals surface area contributed by atoms with Crippen molar-refractivity contribution in [3.8, 4) is 0 Å². The van der Waals surface area contributed by atoms with E-state index in [2.05, 4.69) is 21.5 Å². The number of nitrogens with one attached hydrogen (secondary N) is 1. The summed E-state index contributed by atoms with van der Waals surface area (Å²) < 4.78 is 9.82. The van der Waals surface area contributed by atoms with Gasteiger partial charge in [0.05, 0.1) is 11.8 Å². The number of carbonyl (C=O) groups excluding carboxylic acids is 1. The second-order valence-corrected chi connectivity index (χ2v) is 7.62. The molecule has 7 heteroatoms.